The van der Waals surface area contributed by atoms with Crippen molar-refractivity contribution in [3.8, 4) is 5.75 Å². The minimum absolute atomic E-state index is 0.00901. The predicted molar refractivity (Wildman–Crippen MR) is 86.0 cm³/mol. The van der Waals surface area contributed by atoms with E-state index in [2.05, 4.69) is 26.1 Å². The third-order valence-corrected chi connectivity index (χ3v) is 3.17. The molecule has 0 aromatic heterocycles. The molecule has 0 saturated heterocycles. The number of nitrogens with one attached hydrogen (secondary N) is 1. The number of rotatable bonds is 8. The standard InChI is InChI=1S/C16H26ClNO3/c1-5-20-10-12(19)11-21-15-8-6-7-14(17)13(15)9-18-16(2,3)4/h6-8,12,18-19H,5,9-11H2,1-4H3. The fourth-order valence-electron chi connectivity index (χ4n) is 1.69. The highest BCUT2D eigenvalue weighted by molar-refractivity contribution is 6.31. The zero-order valence-electron chi connectivity index (χ0n) is 13.3. The largest absolute Gasteiger partial charge is 0.490 e. The quantitative estimate of drug-likeness (QED) is 0.774. The van der Waals surface area contributed by atoms with Gasteiger partial charge in [0.15, 0.2) is 0 Å². The van der Waals surface area contributed by atoms with Crippen LogP contribution in [0, 0.1) is 0 Å². The van der Waals surface area contributed by atoms with Gasteiger partial charge in [0.1, 0.15) is 18.5 Å². The van der Waals surface area contributed by atoms with Crippen molar-refractivity contribution in [3.05, 3.63) is 28.8 Å². The molecule has 0 radical (unpaired) electrons. The second-order valence-electron chi connectivity index (χ2n) is 5.94. The SMILES string of the molecule is CCOCC(O)COc1cccc(Cl)c1CNC(C)(C)C. The molecule has 4 nitrogen and oxygen atoms in total. The summed E-state index contributed by atoms with van der Waals surface area (Å²) in [5.74, 6) is 0.690. The summed E-state index contributed by atoms with van der Waals surface area (Å²) in [7, 11) is 0. The lowest BCUT2D eigenvalue weighted by molar-refractivity contribution is 0.0162. The number of benzene rings is 1. The van der Waals surface area contributed by atoms with Gasteiger partial charge in [-0.3, -0.25) is 0 Å². The molecule has 0 fully saturated rings. The average molecular weight is 316 g/mol. The van der Waals surface area contributed by atoms with Crippen LogP contribution in [0.5, 0.6) is 5.75 Å². The highest BCUT2D eigenvalue weighted by Crippen LogP contribution is 2.27. The van der Waals surface area contributed by atoms with Crippen LogP contribution in [0.25, 0.3) is 0 Å². The van der Waals surface area contributed by atoms with Crippen molar-refractivity contribution in [2.24, 2.45) is 0 Å². The Balaban J connectivity index is 2.66. The fourth-order valence-corrected chi connectivity index (χ4v) is 1.92. The molecule has 0 heterocycles. The van der Waals surface area contributed by atoms with Crippen LogP contribution in [-0.2, 0) is 11.3 Å². The van der Waals surface area contributed by atoms with Crippen molar-refractivity contribution in [3.63, 3.8) is 0 Å². The molecule has 1 atom stereocenters. The van der Waals surface area contributed by atoms with Crippen molar-refractivity contribution < 1.29 is 14.6 Å². The topological polar surface area (TPSA) is 50.7 Å². The maximum absolute atomic E-state index is 9.76. The third kappa shape index (κ3) is 7.14. The Bertz CT molecular complexity index is 432. The Labute approximate surface area is 132 Å². The van der Waals surface area contributed by atoms with E-state index in [1.54, 1.807) is 0 Å². The Morgan fingerprint density at radius 3 is 2.62 bits per heavy atom. The molecule has 5 heteroatoms. The summed E-state index contributed by atoms with van der Waals surface area (Å²) in [6.07, 6.45) is -0.646. The van der Waals surface area contributed by atoms with Gasteiger partial charge in [0, 0.05) is 29.3 Å². The van der Waals surface area contributed by atoms with Gasteiger partial charge in [-0.05, 0) is 39.8 Å². The van der Waals surface area contributed by atoms with Gasteiger partial charge >= 0.3 is 0 Å². The van der Waals surface area contributed by atoms with Crippen LogP contribution in [0.2, 0.25) is 5.02 Å². The van der Waals surface area contributed by atoms with Gasteiger partial charge in [0.2, 0.25) is 0 Å². The monoisotopic (exact) mass is 315 g/mol. The van der Waals surface area contributed by atoms with Crippen molar-refractivity contribution >= 4 is 11.6 Å². The zero-order valence-corrected chi connectivity index (χ0v) is 14.0. The second-order valence-corrected chi connectivity index (χ2v) is 6.35. The van der Waals surface area contributed by atoms with E-state index in [-0.39, 0.29) is 18.8 Å². The number of aliphatic hydroxyl groups excluding tert-OH is 1. The lowest BCUT2D eigenvalue weighted by Crippen LogP contribution is -2.35. The van der Waals surface area contributed by atoms with E-state index >= 15 is 0 Å². The molecule has 0 saturated carbocycles. The molecular weight excluding hydrogens is 290 g/mol. The third-order valence-electron chi connectivity index (χ3n) is 2.82. The summed E-state index contributed by atoms with van der Waals surface area (Å²) in [5.41, 5.74) is 0.892. The number of halogens is 1. The van der Waals surface area contributed by atoms with E-state index < -0.39 is 6.10 Å². The predicted octanol–water partition coefficient (Wildman–Crippen LogP) is 3.00. The molecule has 0 amide bonds. The summed E-state index contributed by atoms with van der Waals surface area (Å²) in [4.78, 5) is 0. The first kappa shape index (κ1) is 18.2. The minimum atomic E-state index is -0.646. The normalized spacial score (nSPS) is 13.2. The summed E-state index contributed by atoms with van der Waals surface area (Å²) < 4.78 is 10.8. The first-order valence-electron chi connectivity index (χ1n) is 7.24. The van der Waals surface area contributed by atoms with Gasteiger partial charge in [-0.1, -0.05) is 17.7 Å². The van der Waals surface area contributed by atoms with Crippen LogP contribution in [0.4, 0.5) is 0 Å². The average Bonchev–Trinajstić information content (AvgIpc) is 2.40. The molecule has 1 unspecified atom stereocenters. The maximum Gasteiger partial charge on any atom is 0.125 e. The highest BCUT2D eigenvalue weighted by atomic mass is 35.5. The van der Waals surface area contributed by atoms with Gasteiger partial charge in [-0.25, -0.2) is 0 Å². The molecule has 21 heavy (non-hydrogen) atoms. The van der Waals surface area contributed by atoms with Crippen LogP contribution in [-0.4, -0.2) is 36.6 Å². The van der Waals surface area contributed by atoms with Crippen LogP contribution in [0.15, 0.2) is 18.2 Å². The van der Waals surface area contributed by atoms with Gasteiger partial charge in [-0.15, -0.1) is 0 Å². The fraction of sp³-hybridized carbons (Fsp3) is 0.625. The van der Waals surface area contributed by atoms with Crippen molar-refractivity contribution in [2.45, 2.75) is 45.9 Å². The lowest BCUT2D eigenvalue weighted by atomic mass is 10.1. The maximum atomic E-state index is 9.76. The van der Waals surface area contributed by atoms with E-state index in [0.717, 1.165) is 5.56 Å². The zero-order chi connectivity index (χ0) is 15.9. The second kappa shape index (κ2) is 8.59. The first-order valence-corrected chi connectivity index (χ1v) is 7.62. The molecule has 0 aliphatic rings. The molecule has 1 rings (SSSR count). The molecule has 0 aliphatic heterocycles. The van der Waals surface area contributed by atoms with Crippen LogP contribution in [0.3, 0.4) is 0 Å². The van der Waals surface area contributed by atoms with Gasteiger partial charge < -0.3 is 19.9 Å². The highest BCUT2D eigenvalue weighted by Gasteiger charge is 2.14. The molecular formula is C16H26ClNO3. The molecule has 1 aromatic carbocycles. The van der Waals surface area contributed by atoms with Crippen molar-refractivity contribution in [1.82, 2.24) is 5.32 Å². The van der Waals surface area contributed by atoms with E-state index in [1.165, 1.54) is 0 Å². The first-order chi connectivity index (χ1) is 9.83. The lowest BCUT2D eigenvalue weighted by Gasteiger charge is -2.22. The van der Waals surface area contributed by atoms with E-state index in [0.29, 0.717) is 23.9 Å². The summed E-state index contributed by atoms with van der Waals surface area (Å²) in [6.45, 7) is 9.81. The Morgan fingerprint density at radius 1 is 1.29 bits per heavy atom. The van der Waals surface area contributed by atoms with Crippen LogP contribution in [0.1, 0.15) is 33.3 Å². The molecule has 0 spiro atoms. The molecule has 0 bridgehead atoms. The van der Waals surface area contributed by atoms with Crippen LogP contribution < -0.4 is 10.1 Å². The van der Waals surface area contributed by atoms with E-state index in [1.807, 2.05) is 25.1 Å². The van der Waals surface area contributed by atoms with Crippen molar-refractivity contribution in [1.29, 1.82) is 0 Å². The van der Waals surface area contributed by atoms with Gasteiger partial charge in [0.25, 0.3) is 0 Å². The molecule has 1 aromatic rings. The molecule has 2 N–H and O–H groups in total. The Hall–Kier alpha value is -0.810. The molecule has 120 valence electrons. The van der Waals surface area contributed by atoms with Gasteiger partial charge in [-0.2, -0.15) is 0 Å². The number of ether oxygens (including phenoxy) is 2. The number of aliphatic hydroxyl groups is 1. The van der Waals surface area contributed by atoms with E-state index in [4.69, 9.17) is 21.1 Å². The Morgan fingerprint density at radius 2 is 2.00 bits per heavy atom. The van der Waals surface area contributed by atoms with Crippen LogP contribution >= 0.6 is 11.6 Å². The number of hydrogen-bond acceptors (Lipinski definition) is 4. The van der Waals surface area contributed by atoms with Crippen molar-refractivity contribution in [2.75, 3.05) is 19.8 Å². The summed E-state index contributed by atoms with van der Waals surface area (Å²) in [5, 5.41) is 13.8. The number of hydrogen-bond donors (Lipinski definition) is 2. The summed E-state index contributed by atoms with van der Waals surface area (Å²) >= 11 is 6.25. The van der Waals surface area contributed by atoms with E-state index in [9.17, 15) is 5.11 Å². The smallest absolute Gasteiger partial charge is 0.125 e. The minimum Gasteiger partial charge on any atom is -0.490 e. The Kier molecular flexibility index (Phi) is 7.46. The molecule has 0 aliphatic carbocycles. The summed E-state index contributed by atoms with van der Waals surface area (Å²) in [6, 6.07) is 5.54. The van der Waals surface area contributed by atoms with Gasteiger partial charge in [0.05, 0.1) is 6.61 Å².